The molecule has 0 atom stereocenters. The molecule has 0 aliphatic heterocycles. The number of hydrogen-bond acceptors (Lipinski definition) is 7. The minimum atomic E-state index is -1.11. The highest BCUT2D eigenvalue weighted by molar-refractivity contribution is 7.80. The molecule has 0 saturated carbocycles. The van der Waals surface area contributed by atoms with E-state index in [0.717, 1.165) is 0 Å². The van der Waals surface area contributed by atoms with E-state index < -0.39 is 12.6 Å². The first-order chi connectivity index (χ1) is 7.13. The van der Waals surface area contributed by atoms with Crippen LogP contribution in [0.3, 0.4) is 0 Å². The molecule has 1 aromatic heterocycles. The van der Waals surface area contributed by atoms with Gasteiger partial charge in [-0.05, 0) is 0 Å². The molecule has 0 amide bonds. The zero-order valence-electron chi connectivity index (χ0n) is 7.41. The van der Waals surface area contributed by atoms with Crippen molar-refractivity contribution in [1.29, 1.82) is 0 Å². The van der Waals surface area contributed by atoms with Gasteiger partial charge in [-0.2, -0.15) is 0 Å². The number of carbonyl (C=O) groups is 1. The quantitative estimate of drug-likeness (QED) is 0.446. The first kappa shape index (κ1) is 11.5. The number of nitrogen functional groups attached to an aromatic ring is 1. The molecule has 0 aromatic carbocycles. The lowest BCUT2D eigenvalue weighted by Crippen LogP contribution is -2.08. The number of oxime groups is 1. The van der Waals surface area contributed by atoms with E-state index in [-0.39, 0.29) is 5.71 Å². The number of aliphatic carboxylic acids is 1. The molecule has 6 nitrogen and oxygen atoms in total. The molecule has 1 heterocycles. The van der Waals surface area contributed by atoms with Crippen LogP contribution in [-0.2, 0) is 9.63 Å². The van der Waals surface area contributed by atoms with Crippen LogP contribution < -0.4 is 5.73 Å². The van der Waals surface area contributed by atoms with E-state index in [9.17, 15) is 4.79 Å². The Balaban J connectivity index is 2.71. The Hall–Kier alpha value is -1.54. The van der Waals surface area contributed by atoms with E-state index in [4.69, 9.17) is 10.8 Å². The zero-order valence-corrected chi connectivity index (χ0v) is 9.05. The molecule has 0 saturated heterocycles. The number of carboxylic acids is 1. The first-order valence-electron chi connectivity index (χ1n) is 3.71. The molecule has 0 aliphatic carbocycles. The van der Waals surface area contributed by atoms with Gasteiger partial charge in [0.15, 0.2) is 5.13 Å². The molecule has 80 valence electrons. The number of aromatic nitrogens is 1. The standard InChI is InChI=1S/C7H7N3O3S2/c8-7-9-5(3-15-7)4(2-14)10-13-1-6(11)12/h2-3H,1H2,(H2,8,9)(H,11,12). The number of thiocarbonyl (C=S) groups is 1. The van der Waals surface area contributed by atoms with E-state index in [1.54, 1.807) is 5.38 Å². The molecule has 3 N–H and O–H groups in total. The van der Waals surface area contributed by atoms with Gasteiger partial charge in [0.05, 0.1) is 0 Å². The number of carboxylic acid groups (broad SMARTS) is 1. The van der Waals surface area contributed by atoms with Gasteiger partial charge in [-0.15, -0.1) is 11.3 Å². The van der Waals surface area contributed by atoms with E-state index in [1.807, 2.05) is 0 Å². The molecule has 0 aliphatic rings. The van der Waals surface area contributed by atoms with Crippen molar-refractivity contribution in [2.24, 2.45) is 5.16 Å². The third-order valence-corrected chi connectivity index (χ3v) is 2.14. The summed E-state index contributed by atoms with van der Waals surface area (Å²) in [5.74, 6) is -1.11. The molecule has 15 heavy (non-hydrogen) atoms. The lowest BCUT2D eigenvalue weighted by atomic mass is 10.3. The summed E-state index contributed by atoms with van der Waals surface area (Å²) < 4.78 is 0. The maximum absolute atomic E-state index is 10.1. The van der Waals surface area contributed by atoms with Crippen molar-refractivity contribution in [3.8, 4) is 0 Å². The summed E-state index contributed by atoms with van der Waals surface area (Å²) >= 11 is 5.92. The SMILES string of the molecule is Nc1nc(C(C=S)=NOCC(=O)O)cs1. The van der Waals surface area contributed by atoms with Crippen molar-refractivity contribution in [3.63, 3.8) is 0 Å². The smallest absolute Gasteiger partial charge is 0.344 e. The summed E-state index contributed by atoms with van der Waals surface area (Å²) in [6.45, 7) is -0.522. The fraction of sp³-hybridized carbons (Fsp3) is 0.143. The predicted octanol–water partition coefficient (Wildman–Crippen LogP) is 0.530. The summed E-state index contributed by atoms with van der Waals surface area (Å²) in [4.78, 5) is 18.6. The number of nitrogens with two attached hydrogens (primary N) is 1. The van der Waals surface area contributed by atoms with Crippen LogP contribution in [0.2, 0.25) is 0 Å². The second kappa shape index (κ2) is 5.37. The largest absolute Gasteiger partial charge is 0.479 e. The third kappa shape index (κ3) is 3.60. The van der Waals surface area contributed by atoms with E-state index in [2.05, 4.69) is 27.2 Å². The lowest BCUT2D eigenvalue weighted by Gasteiger charge is -1.96. The van der Waals surface area contributed by atoms with Crippen LogP contribution in [-0.4, -0.2) is 33.7 Å². The highest BCUT2D eigenvalue weighted by Crippen LogP contribution is 2.11. The fourth-order valence-electron chi connectivity index (χ4n) is 0.691. The predicted molar refractivity (Wildman–Crippen MR) is 60.3 cm³/mol. The van der Waals surface area contributed by atoms with Crippen molar-refractivity contribution in [1.82, 2.24) is 4.98 Å². The minimum absolute atomic E-state index is 0.277. The zero-order chi connectivity index (χ0) is 11.3. The number of rotatable bonds is 5. The van der Waals surface area contributed by atoms with Gasteiger partial charge in [-0.1, -0.05) is 17.4 Å². The van der Waals surface area contributed by atoms with Crippen molar-refractivity contribution in [3.05, 3.63) is 11.1 Å². The first-order valence-corrected chi connectivity index (χ1v) is 5.07. The molecular formula is C7H7N3O3S2. The van der Waals surface area contributed by atoms with Crippen LogP contribution in [0, 0.1) is 0 Å². The maximum atomic E-state index is 10.1. The summed E-state index contributed by atoms with van der Waals surface area (Å²) in [6, 6.07) is 0. The Morgan fingerprint density at radius 1 is 1.87 bits per heavy atom. The normalized spacial score (nSPS) is 11.1. The third-order valence-electron chi connectivity index (χ3n) is 1.25. The number of hydrogen-bond donors (Lipinski definition) is 2. The van der Waals surface area contributed by atoms with Gasteiger partial charge >= 0.3 is 5.97 Å². The minimum Gasteiger partial charge on any atom is -0.479 e. The fourth-order valence-corrected chi connectivity index (χ4v) is 1.41. The van der Waals surface area contributed by atoms with Gasteiger partial charge < -0.3 is 15.7 Å². The molecule has 0 fully saturated rings. The van der Waals surface area contributed by atoms with E-state index in [1.165, 1.54) is 16.7 Å². The Labute approximate surface area is 94.4 Å². The maximum Gasteiger partial charge on any atom is 0.344 e. The molecule has 0 bridgehead atoms. The molecule has 1 aromatic rings. The summed E-state index contributed by atoms with van der Waals surface area (Å²) in [5.41, 5.74) is 6.16. The Morgan fingerprint density at radius 3 is 3.07 bits per heavy atom. The Morgan fingerprint density at radius 2 is 2.60 bits per heavy atom. The van der Waals surface area contributed by atoms with Gasteiger partial charge in [0.2, 0.25) is 6.61 Å². The summed E-state index contributed by atoms with van der Waals surface area (Å²) in [6.07, 6.45) is 0. The van der Waals surface area contributed by atoms with Crippen LogP contribution in [0.1, 0.15) is 5.69 Å². The molecular weight excluding hydrogens is 238 g/mol. The summed E-state index contributed by atoms with van der Waals surface area (Å²) in [7, 11) is 0. The summed E-state index contributed by atoms with van der Waals surface area (Å²) in [5, 5.41) is 15.1. The second-order valence-electron chi connectivity index (χ2n) is 2.33. The van der Waals surface area contributed by atoms with E-state index >= 15 is 0 Å². The molecule has 8 heteroatoms. The second-order valence-corrected chi connectivity index (χ2v) is 3.46. The monoisotopic (exact) mass is 245 g/mol. The number of thiazole rings is 1. The van der Waals surface area contributed by atoms with Crippen LogP contribution in [0.4, 0.5) is 5.13 Å². The molecule has 0 spiro atoms. The topological polar surface area (TPSA) is 97.8 Å². The average molecular weight is 245 g/mol. The van der Waals surface area contributed by atoms with Gasteiger partial charge in [0.25, 0.3) is 0 Å². The van der Waals surface area contributed by atoms with Crippen LogP contribution in [0.5, 0.6) is 0 Å². The molecule has 1 rings (SSSR count). The van der Waals surface area contributed by atoms with E-state index in [0.29, 0.717) is 10.8 Å². The van der Waals surface area contributed by atoms with Crippen LogP contribution in [0.15, 0.2) is 10.5 Å². The molecule has 0 unspecified atom stereocenters. The van der Waals surface area contributed by atoms with Crippen molar-refractivity contribution in [2.45, 2.75) is 0 Å². The highest BCUT2D eigenvalue weighted by atomic mass is 32.1. The molecule has 0 radical (unpaired) electrons. The Bertz CT molecular complexity index is 402. The van der Waals surface area contributed by atoms with Gasteiger partial charge in [-0.3, -0.25) is 0 Å². The van der Waals surface area contributed by atoms with Crippen molar-refractivity contribution in [2.75, 3.05) is 12.3 Å². The number of nitrogens with zero attached hydrogens (tertiary/aromatic N) is 2. The van der Waals surface area contributed by atoms with Gasteiger partial charge in [-0.25, -0.2) is 9.78 Å². The highest BCUT2D eigenvalue weighted by Gasteiger charge is 2.06. The van der Waals surface area contributed by atoms with Gasteiger partial charge in [0, 0.05) is 10.7 Å². The van der Waals surface area contributed by atoms with Crippen molar-refractivity contribution >= 4 is 45.7 Å². The number of anilines is 1. The van der Waals surface area contributed by atoms with Crippen molar-refractivity contribution < 1.29 is 14.7 Å². The van der Waals surface area contributed by atoms with Crippen LogP contribution in [0.25, 0.3) is 0 Å². The lowest BCUT2D eigenvalue weighted by molar-refractivity contribution is -0.142. The van der Waals surface area contributed by atoms with Crippen LogP contribution >= 0.6 is 23.6 Å². The Kier molecular flexibility index (Phi) is 4.13. The van der Waals surface area contributed by atoms with Gasteiger partial charge in [0.1, 0.15) is 11.4 Å². The average Bonchev–Trinajstić information content (AvgIpc) is 2.59.